The quantitative estimate of drug-likeness (QED) is 0.861. The van der Waals surface area contributed by atoms with Crippen molar-refractivity contribution in [2.45, 2.75) is 25.9 Å². The van der Waals surface area contributed by atoms with Crippen molar-refractivity contribution in [1.82, 2.24) is 10.3 Å². The molecule has 1 atom stereocenters. The molecular formula is C17H19FN2O2. The molecule has 1 unspecified atom stereocenters. The van der Waals surface area contributed by atoms with E-state index in [9.17, 15) is 14.3 Å². The summed E-state index contributed by atoms with van der Waals surface area (Å²) in [6.07, 6.45) is 3.12. The predicted octanol–water partition coefficient (Wildman–Crippen LogP) is 2.31. The van der Waals surface area contributed by atoms with E-state index in [-0.39, 0.29) is 12.3 Å². The van der Waals surface area contributed by atoms with Gasteiger partial charge in [0, 0.05) is 18.9 Å². The number of aromatic nitrogens is 1. The zero-order chi connectivity index (χ0) is 15.9. The fraction of sp³-hybridized carbons (Fsp3) is 0.294. The minimum absolute atomic E-state index is 0.0845. The standard InChI is InChI=1S/C17H19FN2O2/c1-12-11-19-7-5-13(12)6-8-20-17(22)10-16(21)14-3-2-4-15(18)9-14/h2-5,7,9,11,16,21H,6,8,10H2,1H3,(H,20,22). The lowest BCUT2D eigenvalue weighted by atomic mass is 10.1. The van der Waals surface area contributed by atoms with Crippen LogP contribution in [0.25, 0.3) is 0 Å². The smallest absolute Gasteiger partial charge is 0.222 e. The molecule has 0 saturated carbocycles. The number of halogens is 1. The Balaban J connectivity index is 1.79. The number of rotatable bonds is 6. The summed E-state index contributed by atoms with van der Waals surface area (Å²) >= 11 is 0. The molecule has 22 heavy (non-hydrogen) atoms. The van der Waals surface area contributed by atoms with Gasteiger partial charge in [-0.1, -0.05) is 12.1 Å². The molecule has 0 aliphatic rings. The van der Waals surface area contributed by atoms with Crippen LogP contribution < -0.4 is 5.32 Å². The average Bonchev–Trinajstić information content (AvgIpc) is 2.49. The molecule has 2 rings (SSSR count). The third-order valence-electron chi connectivity index (χ3n) is 3.47. The molecule has 0 aliphatic carbocycles. The van der Waals surface area contributed by atoms with Crippen molar-refractivity contribution in [3.8, 4) is 0 Å². The van der Waals surface area contributed by atoms with Gasteiger partial charge >= 0.3 is 0 Å². The molecule has 2 N–H and O–H groups in total. The van der Waals surface area contributed by atoms with Crippen LogP contribution in [0.15, 0.2) is 42.7 Å². The zero-order valence-corrected chi connectivity index (χ0v) is 12.4. The second-order valence-corrected chi connectivity index (χ2v) is 5.18. The highest BCUT2D eigenvalue weighted by atomic mass is 19.1. The van der Waals surface area contributed by atoms with E-state index in [0.717, 1.165) is 11.1 Å². The van der Waals surface area contributed by atoms with E-state index < -0.39 is 11.9 Å². The van der Waals surface area contributed by atoms with Crippen LogP contribution in [-0.4, -0.2) is 22.5 Å². The number of carbonyl (C=O) groups is 1. The lowest BCUT2D eigenvalue weighted by Crippen LogP contribution is -2.27. The largest absolute Gasteiger partial charge is 0.388 e. The van der Waals surface area contributed by atoms with Gasteiger partial charge in [-0.05, 0) is 48.2 Å². The fourth-order valence-electron chi connectivity index (χ4n) is 2.20. The summed E-state index contributed by atoms with van der Waals surface area (Å²) in [5, 5.41) is 12.7. The second kappa shape index (κ2) is 7.66. The van der Waals surface area contributed by atoms with Gasteiger partial charge in [0.2, 0.25) is 5.91 Å². The Labute approximate surface area is 129 Å². The van der Waals surface area contributed by atoms with Crippen molar-refractivity contribution in [3.63, 3.8) is 0 Å². The molecule has 2 aromatic rings. The summed E-state index contributed by atoms with van der Waals surface area (Å²) in [5.74, 6) is -0.686. The highest BCUT2D eigenvalue weighted by Crippen LogP contribution is 2.17. The van der Waals surface area contributed by atoms with Crippen LogP contribution in [-0.2, 0) is 11.2 Å². The van der Waals surface area contributed by atoms with Crippen molar-refractivity contribution in [3.05, 3.63) is 65.2 Å². The monoisotopic (exact) mass is 302 g/mol. The molecule has 0 fully saturated rings. The van der Waals surface area contributed by atoms with Gasteiger partial charge in [0.05, 0.1) is 12.5 Å². The number of benzene rings is 1. The van der Waals surface area contributed by atoms with E-state index in [4.69, 9.17) is 0 Å². The van der Waals surface area contributed by atoms with Crippen LogP contribution in [0, 0.1) is 12.7 Å². The van der Waals surface area contributed by atoms with Gasteiger partial charge in [0.15, 0.2) is 0 Å². The summed E-state index contributed by atoms with van der Waals surface area (Å²) in [7, 11) is 0. The van der Waals surface area contributed by atoms with E-state index in [2.05, 4.69) is 10.3 Å². The molecule has 1 amide bonds. The van der Waals surface area contributed by atoms with Crippen molar-refractivity contribution < 1.29 is 14.3 Å². The average molecular weight is 302 g/mol. The number of hydrogen-bond donors (Lipinski definition) is 2. The Hall–Kier alpha value is -2.27. The number of aryl methyl sites for hydroxylation is 1. The number of carbonyl (C=O) groups excluding carboxylic acids is 1. The summed E-state index contributed by atoms with van der Waals surface area (Å²) in [6.45, 7) is 2.46. The molecule has 1 aromatic heterocycles. The van der Waals surface area contributed by atoms with Crippen molar-refractivity contribution >= 4 is 5.91 Å². The first-order valence-corrected chi connectivity index (χ1v) is 7.16. The predicted molar refractivity (Wildman–Crippen MR) is 81.7 cm³/mol. The maximum atomic E-state index is 13.1. The van der Waals surface area contributed by atoms with Gasteiger partial charge in [-0.25, -0.2) is 4.39 Å². The number of hydrogen-bond acceptors (Lipinski definition) is 3. The molecule has 116 valence electrons. The Kier molecular flexibility index (Phi) is 5.61. The van der Waals surface area contributed by atoms with Crippen LogP contribution >= 0.6 is 0 Å². The zero-order valence-electron chi connectivity index (χ0n) is 12.4. The van der Waals surface area contributed by atoms with Crippen molar-refractivity contribution in [2.24, 2.45) is 0 Å². The van der Waals surface area contributed by atoms with Crippen molar-refractivity contribution in [2.75, 3.05) is 6.54 Å². The molecule has 0 bridgehead atoms. The third kappa shape index (κ3) is 4.63. The Morgan fingerprint density at radius 1 is 1.41 bits per heavy atom. The normalized spacial score (nSPS) is 12.0. The molecule has 0 aliphatic heterocycles. The lowest BCUT2D eigenvalue weighted by Gasteiger charge is -2.12. The molecule has 5 heteroatoms. The minimum Gasteiger partial charge on any atom is -0.388 e. The number of amides is 1. The molecule has 0 radical (unpaired) electrons. The van der Waals surface area contributed by atoms with E-state index >= 15 is 0 Å². The number of aliphatic hydroxyl groups excluding tert-OH is 1. The summed E-state index contributed by atoms with van der Waals surface area (Å²) in [5.41, 5.74) is 2.61. The summed E-state index contributed by atoms with van der Waals surface area (Å²) in [6, 6.07) is 7.56. The van der Waals surface area contributed by atoms with Gasteiger partial charge in [-0.2, -0.15) is 0 Å². The topological polar surface area (TPSA) is 62.2 Å². The third-order valence-corrected chi connectivity index (χ3v) is 3.47. The number of nitrogens with zero attached hydrogens (tertiary/aromatic N) is 1. The van der Waals surface area contributed by atoms with E-state index in [1.807, 2.05) is 13.0 Å². The minimum atomic E-state index is -1.00. The number of nitrogens with one attached hydrogen (secondary N) is 1. The first-order chi connectivity index (χ1) is 10.6. The second-order valence-electron chi connectivity index (χ2n) is 5.18. The van der Waals surface area contributed by atoms with Gasteiger partial charge in [-0.3, -0.25) is 9.78 Å². The highest BCUT2D eigenvalue weighted by Gasteiger charge is 2.13. The van der Waals surface area contributed by atoms with E-state index in [1.165, 1.54) is 18.2 Å². The summed E-state index contributed by atoms with van der Waals surface area (Å²) < 4.78 is 13.1. The Morgan fingerprint density at radius 2 is 2.23 bits per heavy atom. The molecule has 1 heterocycles. The van der Waals surface area contributed by atoms with Crippen LogP contribution in [0.4, 0.5) is 4.39 Å². The first-order valence-electron chi connectivity index (χ1n) is 7.16. The lowest BCUT2D eigenvalue weighted by molar-refractivity contribution is -0.123. The first kappa shape index (κ1) is 16.1. The van der Waals surface area contributed by atoms with E-state index in [0.29, 0.717) is 18.5 Å². The Bertz CT molecular complexity index is 646. The number of pyridine rings is 1. The van der Waals surface area contributed by atoms with Gasteiger partial charge in [0.25, 0.3) is 0 Å². The van der Waals surface area contributed by atoms with Gasteiger partial charge < -0.3 is 10.4 Å². The van der Waals surface area contributed by atoms with Crippen molar-refractivity contribution in [1.29, 1.82) is 0 Å². The van der Waals surface area contributed by atoms with Crippen LogP contribution in [0.2, 0.25) is 0 Å². The molecule has 0 saturated heterocycles. The fourth-order valence-corrected chi connectivity index (χ4v) is 2.20. The van der Waals surface area contributed by atoms with Gasteiger partial charge in [-0.15, -0.1) is 0 Å². The maximum absolute atomic E-state index is 13.1. The number of aliphatic hydroxyl groups is 1. The van der Waals surface area contributed by atoms with Crippen LogP contribution in [0.3, 0.4) is 0 Å². The maximum Gasteiger partial charge on any atom is 0.222 e. The highest BCUT2D eigenvalue weighted by molar-refractivity contribution is 5.76. The van der Waals surface area contributed by atoms with Gasteiger partial charge in [0.1, 0.15) is 5.82 Å². The van der Waals surface area contributed by atoms with Crippen LogP contribution in [0.5, 0.6) is 0 Å². The molecule has 4 nitrogen and oxygen atoms in total. The molecule has 1 aromatic carbocycles. The molecular weight excluding hydrogens is 283 g/mol. The molecule has 0 spiro atoms. The Morgan fingerprint density at radius 3 is 2.95 bits per heavy atom. The van der Waals surface area contributed by atoms with Crippen LogP contribution in [0.1, 0.15) is 29.2 Å². The SMILES string of the molecule is Cc1cnccc1CCNC(=O)CC(O)c1cccc(F)c1. The van der Waals surface area contributed by atoms with E-state index in [1.54, 1.807) is 18.5 Å². The summed E-state index contributed by atoms with van der Waals surface area (Å²) in [4.78, 5) is 15.8.